The van der Waals surface area contributed by atoms with Crippen molar-refractivity contribution in [1.29, 1.82) is 0 Å². The van der Waals surface area contributed by atoms with Gasteiger partial charge in [0.25, 0.3) is 0 Å². The lowest BCUT2D eigenvalue weighted by atomic mass is 10.2. The molecule has 0 fully saturated rings. The van der Waals surface area contributed by atoms with E-state index in [0.29, 0.717) is 5.56 Å². The zero-order chi connectivity index (χ0) is 8.43. The lowest BCUT2D eigenvalue weighted by Crippen LogP contribution is -1.98. The maximum Gasteiger partial charge on any atom is 0.126 e. The van der Waals surface area contributed by atoms with Crippen LogP contribution in [0.2, 0.25) is 10.0 Å². The molecule has 0 aliphatic rings. The highest BCUT2D eigenvalue weighted by atomic mass is 35.5. The summed E-state index contributed by atoms with van der Waals surface area (Å²) in [6.07, 6.45) is 0. The van der Waals surface area contributed by atoms with Crippen LogP contribution in [0.25, 0.3) is 0 Å². The van der Waals surface area contributed by atoms with Crippen LogP contribution in [-0.2, 0) is 6.54 Å². The minimum absolute atomic E-state index is 0.220. The number of hydrogen-bond acceptors (Lipinski definition) is 1. The van der Waals surface area contributed by atoms with E-state index in [4.69, 9.17) is 28.9 Å². The Balaban J connectivity index is 3.25. The second kappa shape index (κ2) is 3.39. The van der Waals surface area contributed by atoms with Crippen LogP contribution in [0, 0.1) is 5.82 Å². The SMILES string of the molecule is NCc1c(Cl)cc(F)cc1Cl. The summed E-state index contributed by atoms with van der Waals surface area (Å²) < 4.78 is 12.5. The Hall–Kier alpha value is -0.310. The van der Waals surface area contributed by atoms with Crippen LogP contribution in [-0.4, -0.2) is 0 Å². The van der Waals surface area contributed by atoms with Crippen molar-refractivity contribution < 1.29 is 4.39 Å². The summed E-state index contributed by atoms with van der Waals surface area (Å²) in [6, 6.07) is 2.38. The van der Waals surface area contributed by atoms with E-state index in [1.54, 1.807) is 0 Å². The second-order valence-electron chi connectivity index (χ2n) is 2.05. The van der Waals surface area contributed by atoms with Gasteiger partial charge in [-0.3, -0.25) is 0 Å². The summed E-state index contributed by atoms with van der Waals surface area (Å²) in [7, 11) is 0. The van der Waals surface area contributed by atoms with Gasteiger partial charge in [-0.25, -0.2) is 4.39 Å². The summed E-state index contributed by atoms with van der Waals surface area (Å²) in [5.74, 6) is -0.447. The monoisotopic (exact) mass is 193 g/mol. The normalized spacial score (nSPS) is 10.2. The zero-order valence-corrected chi connectivity index (χ0v) is 7.08. The van der Waals surface area contributed by atoms with Gasteiger partial charge in [0, 0.05) is 22.2 Å². The number of rotatable bonds is 1. The largest absolute Gasteiger partial charge is 0.326 e. The molecule has 0 unspecified atom stereocenters. The predicted molar refractivity (Wildman–Crippen MR) is 44.3 cm³/mol. The third kappa shape index (κ3) is 1.83. The van der Waals surface area contributed by atoms with Gasteiger partial charge >= 0.3 is 0 Å². The predicted octanol–water partition coefficient (Wildman–Crippen LogP) is 2.59. The van der Waals surface area contributed by atoms with Crippen LogP contribution in [0.1, 0.15) is 5.56 Å². The van der Waals surface area contributed by atoms with Gasteiger partial charge in [-0.15, -0.1) is 0 Å². The van der Waals surface area contributed by atoms with Crippen molar-refractivity contribution in [2.45, 2.75) is 6.54 Å². The van der Waals surface area contributed by atoms with E-state index in [9.17, 15) is 4.39 Å². The van der Waals surface area contributed by atoms with E-state index in [1.807, 2.05) is 0 Å². The number of halogens is 3. The molecule has 4 heteroatoms. The lowest BCUT2D eigenvalue weighted by Gasteiger charge is -2.02. The van der Waals surface area contributed by atoms with Crippen LogP contribution in [0.15, 0.2) is 12.1 Å². The smallest absolute Gasteiger partial charge is 0.126 e. The molecular formula is C7H6Cl2FN. The van der Waals surface area contributed by atoms with E-state index in [1.165, 1.54) is 12.1 Å². The minimum Gasteiger partial charge on any atom is -0.326 e. The molecule has 0 saturated heterocycles. The quantitative estimate of drug-likeness (QED) is 0.730. The fourth-order valence-electron chi connectivity index (χ4n) is 0.767. The molecule has 2 N–H and O–H groups in total. The van der Waals surface area contributed by atoms with Crippen LogP contribution in [0.4, 0.5) is 4.39 Å². The molecule has 1 aromatic carbocycles. The highest BCUT2D eigenvalue weighted by molar-refractivity contribution is 6.35. The maximum atomic E-state index is 12.5. The van der Waals surface area contributed by atoms with Crippen molar-refractivity contribution >= 4 is 23.2 Å². The van der Waals surface area contributed by atoms with E-state index in [2.05, 4.69) is 0 Å². The third-order valence-electron chi connectivity index (χ3n) is 1.31. The Labute approximate surface area is 73.9 Å². The fraction of sp³-hybridized carbons (Fsp3) is 0.143. The molecule has 0 amide bonds. The molecule has 11 heavy (non-hydrogen) atoms. The molecule has 0 bridgehead atoms. The second-order valence-corrected chi connectivity index (χ2v) is 2.87. The van der Waals surface area contributed by atoms with Gasteiger partial charge in [0.15, 0.2) is 0 Å². The number of hydrogen-bond donors (Lipinski definition) is 1. The Kier molecular flexibility index (Phi) is 2.71. The molecule has 0 heterocycles. The van der Waals surface area contributed by atoms with Gasteiger partial charge in [0.05, 0.1) is 0 Å². The minimum atomic E-state index is -0.447. The van der Waals surface area contributed by atoms with E-state index >= 15 is 0 Å². The summed E-state index contributed by atoms with van der Waals surface area (Å²) >= 11 is 11.3. The first kappa shape index (κ1) is 8.78. The Morgan fingerprint density at radius 3 is 2.09 bits per heavy atom. The molecule has 0 atom stereocenters. The number of benzene rings is 1. The molecule has 1 aromatic rings. The van der Waals surface area contributed by atoms with Crippen molar-refractivity contribution in [3.05, 3.63) is 33.6 Å². The highest BCUT2D eigenvalue weighted by Crippen LogP contribution is 2.25. The molecule has 0 aliphatic heterocycles. The summed E-state index contributed by atoms with van der Waals surface area (Å²) in [5, 5.41) is 0.551. The molecule has 0 aromatic heterocycles. The first-order valence-electron chi connectivity index (χ1n) is 2.98. The van der Waals surface area contributed by atoms with E-state index < -0.39 is 5.82 Å². The summed E-state index contributed by atoms with van der Waals surface area (Å²) in [5.41, 5.74) is 5.89. The molecule has 60 valence electrons. The lowest BCUT2D eigenvalue weighted by molar-refractivity contribution is 0.627. The molecule has 1 nitrogen and oxygen atoms in total. The first-order chi connectivity index (χ1) is 5.15. The third-order valence-corrected chi connectivity index (χ3v) is 1.98. The average Bonchev–Trinajstić information content (AvgIpc) is 1.85. The van der Waals surface area contributed by atoms with Crippen molar-refractivity contribution in [2.24, 2.45) is 5.73 Å². The van der Waals surface area contributed by atoms with Gasteiger partial charge in [-0.2, -0.15) is 0 Å². The molecule has 0 aliphatic carbocycles. The van der Waals surface area contributed by atoms with Gasteiger partial charge in [0.2, 0.25) is 0 Å². The maximum absolute atomic E-state index is 12.5. The topological polar surface area (TPSA) is 26.0 Å². The average molecular weight is 194 g/mol. The molecule has 0 saturated carbocycles. The van der Waals surface area contributed by atoms with E-state index in [0.717, 1.165) is 0 Å². The Morgan fingerprint density at radius 2 is 1.73 bits per heavy atom. The van der Waals surface area contributed by atoms with Crippen LogP contribution in [0.5, 0.6) is 0 Å². The van der Waals surface area contributed by atoms with Crippen molar-refractivity contribution in [2.75, 3.05) is 0 Å². The summed E-state index contributed by atoms with van der Waals surface area (Å²) in [6.45, 7) is 0.220. The Bertz CT molecular complexity index is 252. The Morgan fingerprint density at radius 1 is 1.27 bits per heavy atom. The van der Waals surface area contributed by atoms with Crippen molar-refractivity contribution in [3.8, 4) is 0 Å². The fourth-order valence-corrected chi connectivity index (χ4v) is 1.38. The first-order valence-corrected chi connectivity index (χ1v) is 3.74. The molecular weight excluding hydrogens is 188 g/mol. The van der Waals surface area contributed by atoms with Crippen molar-refractivity contribution in [3.63, 3.8) is 0 Å². The van der Waals surface area contributed by atoms with Crippen LogP contribution >= 0.6 is 23.2 Å². The summed E-state index contributed by atoms with van der Waals surface area (Å²) in [4.78, 5) is 0. The molecule has 0 radical (unpaired) electrons. The van der Waals surface area contributed by atoms with E-state index in [-0.39, 0.29) is 16.6 Å². The van der Waals surface area contributed by atoms with Crippen LogP contribution < -0.4 is 5.73 Å². The van der Waals surface area contributed by atoms with Gasteiger partial charge in [-0.05, 0) is 12.1 Å². The van der Waals surface area contributed by atoms with Crippen molar-refractivity contribution in [1.82, 2.24) is 0 Å². The zero-order valence-electron chi connectivity index (χ0n) is 5.57. The molecule has 0 spiro atoms. The highest BCUT2D eigenvalue weighted by Gasteiger charge is 2.05. The number of nitrogens with two attached hydrogens (primary N) is 1. The van der Waals surface area contributed by atoms with Gasteiger partial charge in [0.1, 0.15) is 5.82 Å². The molecule has 1 rings (SSSR count). The standard InChI is InChI=1S/C7H6Cl2FN/c8-6-1-4(10)2-7(9)5(6)3-11/h1-2H,3,11H2. The van der Waals surface area contributed by atoms with Gasteiger partial charge < -0.3 is 5.73 Å². The van der Waals surface area contributed by atoms with Crippen LogP contribution in [0.3, 0.4) is 0 Å². The van der Waals surface area contributed by atoms with Gasteiger partial charge in [-0.1, -0.05) is 23.2 Å².